The smallest absolute Gasteiger partial charge is 0.255 e. The summed E-state index contributed by atoms with van der Waals surface area (Å²) >= 11 is 2.88. The van der Waals surface area contributed by atoms with Crippen LogP contribution in [0.15, 0.2) is 77.1 Å². The molecule has 192 valence electrons. The second kappa shape index (κ2) is 13.7. The molecule has 0 aliphatic carbocycles. The van der Waals surface area contributed by atoms with Crippen molar-refractivity contribution in [2.45, 2.75) is 24.1 Å². The quantitative estimate of drug-likeness (QED) is 0.161. The molecule has 3 aromatic carbocycles. The van der Waals surface area contributed by atoms with Crippen molar-refractivity contribution in [3.63, 3.8) is 0 Å². The lowest BCUT2D eigenvalue weighted by Crippen LogP contribution is -2.29. The van der Waals surface area contributed by atoms with Gasteiger partial charge >= 0.3 is 0 Å². The number of amides is 2. The number of benzene rings is 3. The molecule has 4 rings (SSSR count). The van der Waals surface area contributed by atoms with Crippen molar-refractivity contribution in [2.75, 3.05) is 30.8 Å². The van der Waals surface area contributed by atoms with Gasteiger partial charge in [0.15, 0.2) is 4.34 Å². The van der Waals surface area contributed by atoms with Crippen LogP contribution in [0.25, 0.3) is 10.2 Å². The third-order valence-electron chi connectivity index (χ3n) is 5.27. The van der Waals surface area contributed by atoms with Gasteiger partial charge in [0, 0.05) is 11.3 Å². The highest BCUT2D eigenvalue weighted by Crippen LogP contribution is 2.31. The number of thiazole rings is 1. The summed E-state index contributed by atoms with van der Waals surface area (Å²) in [7, 11) is 0. The lowest BCUT2D eigenvalue weighted by molar-refractivity contribution is -0.118. The molecule has 0 fully saturated rings. The molecule has 0 aliphatic heterocycles. The zero-order valence-electron chi connectivity index (χ0n) is 20.6. The van der Waals surface area contributed by atoms with Gasteiger partial charge in [-0.05, 0) is 61.0 Å². The maximum absolute atomic E-state index is 12.7. The molecule has 2 N–H and O–H groups in total. The van der Waals surface area contributed by atoms with E-state index in [0.29, 0.717) is 31.0 Å². The van der Waals surface area contributed by atoms with E-state index in [2.05, 4.69) is 22.5 Å². The highest BCUT2D eigenvalue weighted by atomic mass is 32.2. The summed E-state index contributed by atoms with van der Waals surface area (Å²) in [5.41, 5.74) is 2.08. The normalized spacial score (nSPS) is 10.7. The van der Waals surface area contributed by atoms with Crippen LogP contribution in [0, 0.1) is 0 Å². The van der Waals surface area contributed by atoms with Crippen molar-refractivity contribution >= 4 is 50.8 Å². The van der Waals surface area contributed by atoms with Crippen LogP contribution in [0.5, 0.6) is 11.5 Å². The second-order valence-electron chi connectivity index (χ2n) is 8.14. The number of ether oxygens (including phenoxy) is 2. The second-order valence-corrected chi connectivity index (χ2v) is 10.4. The van der Waals surface area contributed by atoms with E-state index < -0.39 is 0 Å². The zero-order chi connectivity index (χ0) is 25.9. The van der Waals surface area contributed by atoms with Gasteiger partial charge < -0.3 is 20.1 Å². The average molecular weight is 536 g/mol. The van der Waals surface area contributed by atoms with Gasteiger partial charge in [-0.15, -0.1) is 11.3 Å². The van der Waals surface area contributed by atoms with Crippen LogP contribution in [0.4, 0.5) is 5.69 Å². The van der Waals surface area contributed by atoms with Crippen molar-refractivity contribution in [2.24, 2.45) is 0 Å². The van der Waals surface area contributed by atoms with Crippen molar-refractivity contribution in [3.05, 3.63) is 78.4 Å². The first kappa shape index (κ1) is 26.5. The molecule has 2 amide bonds. The van der Waals surface area contributed by atoms with E-state index in [1.54, 1.807) is 12.1 Å². The van der Waals surface area contributed by atoms with Gasteiger partial charge in [-0.25, -0.2) is 4.98 Å². The van der Waals surface area contributed by atoms with Crippen LogP contribution in [0.1, 0.15) is 30.1 Å². The number of thioether (sulfide) groups is 1. The highest BCUT2D eigenvalue weighted by molar-refractivity contribution is 8.01. The molecular formula is C28H29N3O4S2. The first-order valence-corrected chi connectivity index (χ1v) is 13.9. The van der Waals surface area contributed by atoms with Crippen LogP contribution >= 0.6 is 23.1 Å². The molecule has 0 saturated heterocycles. The number of anilines is 1. The number of carbonyl (C=O) groups excluding carboxylic acids is 2. The monoisotopic (exact) mass is 535 g/mol. The minimum absolute atomic E-state index is 0.0735. The number of carbonyl (C=O) groups is 2. The van der Waals surface area contributed by atoms with Gasteiger partial charge in [0.1, 0.15) is 18.1 Å². The summed E-state index contributed by atoms with van der Waals surface area (Å²) in [6.07, 6.45) is 2.08. The predicted octanol–water partition coefficient (Wildman–Crippen LogP) is 6.01. The Morgan fingerprint density at radius 2 is 1.70 bits per heavy atom. The molecule has 4 aromatic rings. The summed E-state index contributed by atoms with van der Waals surface area (Å²) in [5.74, 6) is 1.55. The Kier molecular flexibility index (Phi) is 9.79. The van der Waals surface area contributed by atoms with Crippen molar-refractivity contribution < 1.29 is 19.1 Å². The maximum Gasteiger partial charge on any atom is 0.255 e. The molecule has 0 bridgehead atoms. The van der Waals surface area contributed by atoms with Crippen LogP contribution in [0.2, 0.25) is 0 Å². The SMILES string of the molecule is CCCCOc1ccc(C(=O)Nc2ccc3nc(SCC(=O)NCCOc4ccccc4)sc3c2)cc1. The number of hydrogen-bond acceptors (Lipinski definition) is 7. The Morgan fingerprint density at radius 3 is 2.49 bits per heavy atom. The third kappa shape index (κ3) is 8.23. The molecule has 0 aliphatic rings. The largest absolute Gasteiger partial charge is 0.494 e. The molecule has 0 radical (unpaired) electrons. The molecule has 0 spiro atoms. The molecule has 7 nitrogen and oxygen atoms in total. The third-order valence-corrected chi connectivity index (χ3v) is 7.43. The van der Waals surface area contributed by atoms with E-state index in [1.807, 2.05) is 60.7 Å². The fourth-order valence-electron chi connectivity index (χ4n) is 3.34. The predicted molar refractivity (Wildman–Crippen MR) is 150 cm³/mol. The number of aromatic nitrogens is 1. The summed E-state index contributed by atoms with van der Waals surface area (Å²) in [5, 5.41) is 5.79. The lowest BCUT2D eigenvalue weighted by atomic mass is 10.2. The Balaban J connectivity index is 1.24. The summed E-state index contributed by atoms with van der Waals surface area (Å²) in [6.45, 7) is 3.63. The van der Waals surface area contributed by atoms with E-state index in [1.165, 1.54) is 23.1 Å². The number of para-hydroxylation sites is 1. The first-order chi connectivity index (χ1) is 18.1. The number of hydrogen-bond donors (Lipinski definition) is 2. The number of rotatable bonds is 13. The molecule has 1 aromatic heterocycles. The minimum Gasteiger partial charge on any atom is -0.494 e. The molecule has 0 saturated carbocycles. The Bertz CT molecular complexity index is 1310. The number of nitrogens with one attached hydrogen (secondary N) is 2. The standard InChI is InChI=1S/C28H29N3O4S2/c1-2-3-16-34-23-12-9-20(10-13-23)27(33)30-21-11-14-24-25(18-21)37-28(31-24)36-19-26(32)29-15-17-35-22-7-5-4-6-8-22/h4-14,18H,2-3,15-17,19H2,1H3,(H,29,32)(H,30,33). The van der Waals surface area contributed by atoms with Gasteiger partial charge in [0.2, 0.25) is 5.91 Å². The molecular weight excluding hydrogens is 506 g/mol. The van der Waals surface area contributed by atoms with E-state index in [9.17, 15) is 9.59 Å². The first-order valence-electron chi connectivity index (χ1n) is 12.1. The maximum atomic E-state index is 12.7. The fourth-order valence-corrected chi connectivity index (χ4v) is 5.28. The Hall–Kier alpha value is -3.56. The van der Waals surface area contributed by atoms with Crippen LogP contribution in [0.3, 0.4) is 0 Å². The number of unbranched alkanes of at least 4 members (excludes halogenated alkanes) is 1. The topological polar surface area (TPSA) is 89.5 Å². The summed E-state index contributed by atoms with van der Waals surface area (Å²) < 4.78 is 13.0. The van der Waals surface area contributed by atoms with Gasteiger partial charge in [-0.1, -0.05) is 43.3 Å². The average Bonchev–Trinajstić information content (AvgIpc) is 3.33. The Labute approximate surface area is 224 Å². The van der Waals surface area contributed by atoms with E-state index in [-0.39, 0.29) is 17.6 Å². The van der Waals surface area contributed by atoms with Crippen molar-refractivity contribution in [1.29, 1.82) is 0 Å². The van der Waals surface area contributed by atoms with Crippen molar-refractivity contribution in [3.8, 4) is 11.5 Å². The van der Waals surface area contributed by atoms with Gasteiger partial charge in [-0.3, -0.25) is 9.59 Å². The lowest BCUT2D eigenvalue weighted by Gasteiger charge is -2.07. The molecule has 0 atom stereocenters. The number of fused-ring (bicyclic) bond motifs is 1. The van der Waals surface area contributed by atoms with Gasteiger partial charge in [0.05, 0.1) is 29.1 Å². The van der Waals surface area contributed by atoms with Crippen LogP contribution < -0.4 is 20.1 Å². The zero-order valence-corrected chi connectivity index (χ0v) is 22.2. The van der Waals surface area contributed by atoms with Gasteiger partial charge in [0.25, 0.3) is 5.91 Å². The molecule has 9 heteroatoms. The summed E-state index contributed by atoms with van der Waals surface area (Å²) in [4.78, 5) is 29.4. The van der Waals surface area contributed by atoms with Crippen LogP contribution in [-0.2, 0) is 4.79 Å². The fraction of sp³-hybridized carbons (Fsp3) is 0.250. The van der Waals surface area contributed by atoms with Crippen molar-refractivity contribution in [1.82, 2.24) is 10.3 Å². The summed E-state index contributed by atoms with van der Waals surface area (Å²) in [6, 6.07) is 22.2. The minimum atomic E-state index is -0.188. The number of nitrogens with zero attached hydrogens (tertiary/aromatic N) is 1. The van der Waals surface area contributed by atoms with Gasteiger partial charge in [-0.2, -0.15) is 0 Å². The Morgan fingerprint density at radius 1 is 0.946 bits per heavy atom. The van der Waals surface area contributed by atoms with E-state index >= 15 is 0 Å². The highest BCUT2D eigenvalue weighted by Gasteiger charge is 2.11. The van der Waals surface area contributed by atoms with E-state index in [4.69, 9.17) is 9.47 Å². The molecule has 1 heterocycles. The van der Waals surface area contributed by atoms with Crippen LogP contribution in [-0.4, -0.2) is 42.3 Å². The molecule has 37 heavy (non-hydrogen) atoms. The van der Waals surface area contributed by atoms with E-state index in [0.717, 1.165) is 38.9 Å². The molecule has 0 unspecified atom stereocenters.